The fourth-order valence-electron chi connectivity index (χ4n) is 4.59. The molecule has 1 saturated heterocycles. The van der Waals surface area contributed by atoms with Crippen LogP contribution in [0.2, 0.25) is 0 Å². The van der Waals surface area contributed by atoms with Crippen LogP contribution in [0.1, 0.15) is 69.2 Å². The Balaban J connectivity index is 1.92. The molecule has 184 valence electrons. The van der Waals surface area contributed by atoms with Crippen molar-refractivity contribution in [1.29, 1.82) is 0 Å². The molecule has 2 aromatic rings. The van der Waals surface area contributed by atoms with Crippen molar-refractivity contribution in [2.45, 2.75) is 53.2 Å². The summed E-state index contributed by atoms with van der Waals surface area (Å²) >= 11 is 0. The molecule has 0 saturated carbocycles. The van der Waals surface area contributed by atoms with Crippen molar-refractivity contribution in [3.63, 3.8) is 0 Å². The summed E-state index contributed by atoms with van der Waals surface area (Å²) in [5.74, 6) is -0.263. The van der Waals surface area contributed by atoms with E-state index in [1.807, 2.05) is 13.8 Å². The molecule has 1 aliphatic heterocycles. The minimum Gasteiger partial charge on any atom is -0.497 e. The molecule has 1 aliphatic rings. The smallest absolute Gasteiger partial charge is 0.355 e. The van der Waals surface area contributed by atoms with E-state index in [1.54, 1.807) is 54.7 Å². The normalized spacial score (nSPS) is 15.3. The van der Waals surface area contributed by atoms with Gasteiger partial charge in [0, 0.05) is 36.5 Å². The van der Waals surface area contributed by atoms with Crippen molar-refractivity contribution in [2.24, 2.45) is 0 Å². The van der Waals surface area contributed by atoms with Gasteiger partial charge in [-0.15, -0.1) is 0 Å². The van der Waals surface area contributed by atoms with Gasteiger partial charge in [-0.1, -0.05) is 0 Å². The van der Waals surface area contributed by atoms with E-state index in [2.05, 4.69) is 0 Å². The Bertz CT molecular complexity index is 1030. The van der Waals surface area contributed by atoms with Crippen LogP contribution in [-0.2, 0) is 16.0 Å². The SMILES string of the molecule is CCOC(=O)c1c(C)c(C(=O)CN(CC2CCCO2)C(=O)c2ccc(OC)cc2)c(C)n1CC. The second kappa shape index (κ2) is 11.3. The second-order valence-electron chi connectivity index (χ2n) is 8.37. The lowest BCUT2D eigenvalue weighted by atomic mass is 10.0. The summed E-state index contributed by atoms with van der Waals surface area (Å²) in [4.78, 5) is 41.1. The molecule has 1 amide bonds. The predicted molar refractivity (Wildman–Crippen MR) is 128 cm³/mol. The first-order valence-electron chi connectivity index (χ1n) is 11.8. The molecule has 8 nitrogen and oxygen atoms in total. The summed E-state index contributed by atoms with van der Waals surface area (Å²) in [7, 11) is 1.57. The molecule has 1 aromatic heterocycles. The number of nitrogens with zero attached hydrogens (tertiary/aromatic N) is 2. The highest BCUT2D eigenvalue weighted by Gasteiger charge is 2.30. The molecule has 0 radical (unpaired) electrons. The maximum Gasteiger partial charge on any atom is 0.355 e. The van der Waals surface area contributed by atoms with Crippen LogP contribution in [0.4, 0.5) is 0 Å². The van der Waals surface area contributed by atoms with E-state index >= 15 is 0 Å². The molecule has 0 bridgehead atoms. The number of carbonyl (C=O) groups is 3. The predicted octanol–water partition coefficient (Wildman–Crippen LogP) is 3.81. The van der Waals surface area contributed by atoms with E-state index in [1.165, 1.54) is 0 Å². The van der Waals surface area contributed by atoms with Crippen molar-refractivity contribution < 1.29 is 28.6 Å². The number of hydrogen-bond donors (Lipinski definition) is 0. The van der Waals surface area contributed by atoms with E-state index in [0.29, 0.717) is 53.5 Å². The molecule has 1 fully saturated rings. The topological polar surface area (TPSA) is 87.1 Å². The fraction of sp³-hybridized carbons (Fsp3) is 0.500. The number of aromatic nitrogens is 1. The summed E-state index contributed by atoms with van der Waals surface area (Å²) in [5, 5.41) is 0. The summed E-state index contributed by atoms with van der Waals surface area (Å²) < 4.78 is 18.0. The van der Waals surface area contributed by atoms with Gasteiger partial charge in [-0.25, -0.2) is 4.79 Å². The average Bonchev–Trinajstić information content (AvgIpc) is 3.43. The Morgan fingerprint density at radius 2 is 1.85 bits per heavy atom. The number of carbonyl (C=O) groups excluding carboxylic acids is 3. The first-order chi connectivity index (χ1) is 16.3. The van der Waals surface area contributed by atoms with Crippen LogP contribution in [0.3, 0.4) is 0 Å². The van der Waals surface area contributed by atoms with Crippen LogP contribution in [0.25, 0.3) is 0 Å². The highest BCUT2D eigenvalue weighted by molar-refractivity contribution is 6.06. The monoisotopic (exact) mass is 470 g/mol. The van der Waals surface area contributed by atoms with Gasteiger partial charge in [0.2, 0.25) is 0 Å². The summed E-state index contributed by atoms with van der Waals surface area (Å²) in [5.41, 5.74) is 2.60. The second-order valence-corrected chi connectivity index (χ2v) is 8.37. The Labute approximate surface area is 200 Å². The molecule has 2 heterocycles. The minimum atomic E-state index is -0.450. The van der Waals surface area contributed by atoms with Gasteiger partial charge in [-0.05, 0) is 70.4 Å². The Morgan fingerprint density at radius 1 is 1.15 bits per heavy atom. The van der Waals surface area contributed by atoms with E-state index in [4.69, 9.17) is 14.2 Å². The van der Waals surface area contributed by atoms with Gasteiger partial charge in [-0.2, -0.15) is 0 Å². The van der Waals surface area contributed by atoms with Crippen LogP contribution >= 0.6 is 0 Å². The number of ether oxygens (including phenoxy) is 3. The van der Waals surface area contributed by atoms with E-state index < -0.39 is 5.97 Å². The van der Waals surface area contributed by atoms with Gasteiger partial charge in [0.15, 0.2) is 5.78 Å². The lowest BCUT2D eigenvalue weighted by molar-refractivity contribution is 0.0505. The van der Waals surface area contributed by atoms with Crippen molar-refractivity contribution in [3.05, 3.63) is 52.3 Å². The largest absolute Gasteiger partial charge is 0.497 e. The Hall–Kier alpha value is -3.13. The van der Waals surface area contributed by atoms with Crippen molar-refractivity contribution in [1.82, 2.24) is 9.47 Å². The first-order valence-corrected chi connectivity index (χ1v) is 11.8. The van der Waals surface area contributed by atoms with Gasteiger partial charge < -0.3 is 23.7 Å². The zero-order chi connectivity index (χ0) is 24.8. The number of Topliss-reactive ketones (excluding diaryl/α,β-unsaturated/α-hetero) is 1. The van der Waals surface area contributed by atoms with Crippen LogP contribution in [-0.4, -0.2) is 66.6 Å². The third-order valence-corrected chi connectivity index (χ3v) is 6.24. The quantitative estimate of drug-likeness (QED) is 0.388. The van der Waals surface area contributed by atoms with Gasteiger partial charge in [0.1, 0.15) is 11.4 Å². The average molecular weight is 471 g/mol. The van der Waals surface area contributed by atoms with Crippen LogP contribution in [0.5, 0.6) is 5.75 Å². The summed E-state index contributed by atoms with van der Waals surface area (Å²) in [6.45, 7) is 8.90. The maximum atomic E-state index is 13.5. The van der Waals surface area contributed by atoms with Crippen LogP contribution in [0, 0.1) is 13.8 Å². The lowest BCUT2D eigenvalue weighted by Crippen LogP contribution is -2.41. The minimum absolute atomic E-state index is 0.104. The number of hydrogen-bond acceptors (Lipinski definition) is 6. The summed E-state index contributed by atoms with van der Waals surface area (Å²) in [6, 6.07) is 6.83. The molecule has 0 aliphatic carbocycles. The zero-order valence-corrected chi connectivity index (χ0v) is 20.7. The standard InChI is InChI=1S/C26H34N2O6/c1-6-28-18(4)23(17(3)24(28)26(31)33-7-2)22(29)16-27(15-21-9-8-14-34-21)25(30)19-10-12-20(32-5)13-11-19/h10-13,21H,6-9,14-16H2,1-5H3. The van der Waals surface area contributed by atoms with Gasteiger partial charge in [-0.3, -0.25) is 9.59 Å². The molecular formula is C26H34N2O6. The number of ketones is 1. The van der Waals surface area contributed by atoms with Gasteiger partial charge in [0.05, 0.1) is 26.4 Å². The molecule has 1 unspecified atom stereocenters. The number of esters is 1. The number of amides is 1. The third-order valence-electron chi connectivity index (χ3n) is 6.24. The molecule has 1 atom stereocenters. The molecule has 0 spiro atoms. The number of benzene rings is 1. The number of rotatable bonds is 10. The first kappa shape index (κ1) is 25.5. The van der Waals surface area contributed by atoms with Crippen LogP contribution < -0.4 is 4.74 Å². The molecular weight excluding hydrogens is 436 g/mol. The summed E-state index contributed by atoms with van der Waals surface area (Å²) in [6.07, 6.45) is 1.68. The van der Waals surface area contributed by atoms with Crippen molar-refractivity contribution >= 4 is 17.7 Å². The van der Waals surface area contributed by atoms with E-state index in [-0.39, 0.29) is 30.9 Å². The molecule has 3 rings (SSSR count). The van der Waals surface area contributed by atoms with Crippen molar-refractivity contribution in [2.75, 3.05) is 33.4 Å². The molecule has 34 heavy (non-hydrogen) atoms. The zero-order valence-electron chi connectivity index (χ0n) is 20.7. The van der Waals surface area contributed by atoms with Crippen molar-refractivity contribution in [3.8, 4) is 5.75 Å². The molecule has 8 heteroatoms. The Morgan fingerprint density at radius 3 is 2.41 bits per heavy atom. The number of methoxy groups -OCH3 is 1. The van der Waals surface area contributed by atoms with Gasteiger partial charge in [0.25, 0.3) is 5.91 Å². The lowest BCUT2D eigenvalue weighted by Gasteiger charge is -2.25. The highest BCUT2D eigenvalue weighted by Crippen LogP contribution is 2.25. The molecule has 0 N–H and O–H groups in total. The fourth-order valence-corrected chi connectivity index (χ4v) is 4.59. The van der Waals surface area contributed by atoms with Gasteiger partial charge >= 0.3 is 5.97 Å². The van der Waals surface area contributed by atoms with E-state index in [9.17, 15) is 14.4 Å². The van der Waals surface area contributed by atoms with E-state index in [0.717, 1.165) is 12.8 Å². The highest BCUT2D eigenvalue weighted by atomic mass is 16.5. The molecule has 1 aromatic carbocycles. The van der Waals surface area contributed by atoms with Crippen LogP contribution in [0.15, 0.2) is 24.3 Å². The third kappa shape index (κ3) is 5.33. The maximum absolute atomic E-state index is 13.5. The Kier molecular flexibility index (Phi) is 8.50.